The van der Waals surface area contributed by atoms with Crippen LogP contribution in [0, 0.1) is 0 Å². The van der Waals surface area contributed by atoms with E-state index in [2.05, 4.69) is 23.1 Å². The second kappa shape index (κ2) is 3.21. The van der Waals surface area contributed by atoms with Crippen LogP contribution in [0.1, 0.15) is 23.5 Å². The SMILES string of the molecule is C1=C2CCN3Cc4cc5c(cc4[C@@H](C23)[C@@H]2O[C@H]12)OCO5. The smallest absolute Gasteiger partial charge is 0.231 e. The van der Waals surface area contributed by atoms with E-state index in [-0.39, 0.29) is 0 Å². The normalized spacial score (nSPS) is 38.9. The average Bonchev–Trinajstić information content (AvgIpc) is 2.90. The van der Waals surface area contributed by atoms with E-state index in [1.54, 1.807) is 5.57 Å². The van der Waals surface area contributed by atoms with Crippen LogP contribution in [0.4, 0.5) is 0 Å². The van der Waals surface area contributed by atoms with Gasteiger partial charge in [-0.05, 0) is 29.7 Å². The molecule has 0 amide bonds. The monoisotopic (exact) mass is 269 g/mol. The van der Waals surface area contributed by atoms with Gasteiger partial charge in [0.15, 0.2) is 11.5 Å². The Morgan fingerprint density at radius 1 is 1.15 bits per heavy atom. The summed E-state index contributed by atoms with van der Waals surface area (Å²) in [5.74, 6) is 2.30. The fourth-order valence-corrected chi connectivity index (χ4v) is 4.57. The highest BCUT2D eigenvalue weighted by Gasteiger charge is 2.56. The summed E-state index contributed by atoms with van der Waals surface area (Å²) >= 11 is 0. The van der Waals surface area contributed by atoms with Crippen molar-refractivity contribution < 1.29 is 14.2 Å². The van der Waals surface area contributed by atoms with E-state index in [0.29, 0.717) is 31.0 Å². The highest BCUT2D eigenvalue weighted by atomic mass is 16.7. The fraction of sp³-hybridized carbons (Fsp3) is 0.500. The summed E-state index contributed by atoms with van der Waals surface area (Å²) in [6, 6.07) is 4.95. The van der Waals surface area contributed by atoms with Gasteiger partial charge >= 0.3 is 0 Å². The zero-order chi connectivity index (χ0) is 12.8. The Labute approximate surface area is 116 Å². The van der Waals surface area contributed by atoms with Crippen molar-refractivity contribution in [3.63, 3.8) is 0 Å². The van der Waals surface area contributed by atoms with Gasteiger partial charge in [0.2, 0.25) is 6.79 Å². The van der Waals surface area contributed by atoms with Crippen LogP contribution >= 0.6 is 0 Å². The van der Waals surface area contributed by atoms with Gasteiger partial charge in [-0.25, -0.2) is 0 Å². The third-order valence-electron chi connectivity index (χ3n) is 5.46. The molecule has 0 aromatic heterocycles. The van der Waals surface area contributed by atoms with Crippen molar-refractivity contribution in [2.75, 3.05) is 13.3 Å². The summed E-state index contributed by atoms with van der Waals surface area (Å²) in [5, 5.41) is 0. The number of hydrogen-bond acceptors (Lipinski definition) is 4. The maximum absolute atomic E-state index is 5.90. The lowest BCUT2D eigenvalue weighted by Gasteiger charge is -2.39. The van der Waals surface area contributed by atoms with E-state index in [9.17, 15) is 0 Å². The quantitative estimate of drug-likeness (QED) is 0.531. The summed E-state index contributed by atoms with van der Waals surface area (Å²) in [4.78, 5) is 2.61. The molecule has 4 heteroatoms. The summed E-state index contributed by atoms with van der Waals surface area (Å²) in [7, 11) is 0. The molecule has 4 heterocycles. The second-order valence-corrected chi connectivity index (χ2v) is 6.40. The molecule has 4 atom stereocenters. The molecular formula is C16H15NO3. The minimum Gasteiger partial charge on any atom is -0.454 e. The first-order valence-corrected chi connectivity index (χ1v) is 7.41. The molecule has 0 saturated carbocycles. The molecule has 6 rings (SSSR count). The predicted octanol–water partition coefficient (Wildman–Crippen LogP) is 1.79. The third kappa shape index (κ3) is 1.12. The van der Waals surface area contributed by atoms with Crippen molar-refractivity contribution in [1.82, 2.24) is 4.90 Å². The molecule has 0 radical (unpaired) electrons. The topological polar surface area (TPSA) is 34.2 Å². The largest absolute Gasteiger partial charge is 0.454 e. The summed E-state index contributed by atoms with van der Waals surface area (Å²) < 4.78 is 17.0. The highest BCUT2D eigenvalue weighted by Crippen LogP contribution is 2.54. The molecule has 2 fully saturated rings. The molecule has 4 nitrogen and oxygen atoms in total. The lowest BCUT2D eigenvalue weighted by Crippen LogP contribution is -2.43. The van der Waals surface area contributed by atoms with Gasteiger partial charge in [0, 0.05) is 25.0 Å². The van der Waals surface area contributed by atoms with Crippen LogP contribution in [-0.4, -0.2) is 36.5 Å². The van der Waals surface area contributed by atoms with Gasteiger partial charge < -0.3 is 14.2 Å². The van der Waals surface area contributed by atoms with Crippen molar-refractivity contribution >= 4 is 0 Å². The molecule has 2 saturated heterocycles. The van der Waals surface area contributed by atoms with E-state index >= 15 is 0 Å². The summed E-state index contributed by atoms with van der Waals surface area (Å²) in [6.07, 6.45) is 4.32. The number of benzene rings is 1. The minimum atomic E-state index is 0.351. The van der Waals surface area contributed by atoms with E-state index in [0.717, 1.165) is 18.0 Å². The Morgan fingerprint density at radius 2 is 2.05 bits per heavy atom. The molecule has 102 valence electrons. The van der Waals surface area contributed by atoms with Gasteiger partial charge in [0.25, 0.3) is 0 Å². The van der Waals surface area contributed by atoms with E-state index in [4.69, 9.17) is 14.2 Å². The molecular weight excluding hydrogens is 254 g/mol. The predicted molar refractivity (Wildman–Crippen MR) is 70.9 cm³/mol. The zero-order valence-electron chi connectivity index (χ0n) is 11.0. The van der Waals surface area contributed by atoms with E-state index < -0.39 is 0 Å². The van der Waals surface area contributed by atoms with E-state index in [1.165, 1.54) is 24.1 Å². The molecule has 1 aromatic rings. The molecule has 0 N–H and O–H groups in total. The molecule has 0 spiro atoms. The van der Waals surface area contributed by atoms with Gasteiger partial charge in [-0.3, -0.25) is 4.90 Å². The van der Waals surface area contributed by atoms with Gasteiger partial charge in [-0.2, -0.15) is 0 Å². The van der Waals surface area contributed by atoms with Crippen LogP contribution in [0.25, 0.3) is 0 Å². The number of hydrogen-bond donors (Lipinski definition) is 0. The Hall–Kier alpha value is -1.52. The number of ether oxygens (including phenoxy) is 3. The first kappa shape index (κ1) is 10.2. The summed E-state index contributed by atoms with van der Waals surface area (Å²) in [6.45, 7) is 2.56. The number of epoxide rings is 1. The van der Waals surface area contributed by atoms with Crippen LogP contribution in [0.2, 0.25) is 0 Å². The molecule has 0 bridgehead atoms. The van der Waals surface area contributed by atoms with Crippen LogP contribution in [0.3, 0.4) is 0 Å². The van der Waals surface area contributed by atoms with E-state index in [1.807, 2.05) is 0 Å². The highest BCUT2D eigenvalue weighted by molar-refractivity contribution is 5.54. The number of rotatable bonds is 0. The van der Waals surface area contributed by atoms with Crippen LogP contribution < -0.4 is 9.47 Å². The van der Waals surface area contributed by atoms with Gasteiger partial charge in [-0.1, -0.05) is 11.6 Å². The first-order valence-electron chi connectivity index (χ1n) is 7.41. The molecule has 1 aromatic carbocycles. The molecule has 20 heavy (non-hydrogen) atoms. The van der Waals surface area contributed by atoms with Gasteiger partial charge in [-0.15, -0.1) is 0 Å². The van der Waals surface area contributed by atoms with Gasteiger partial charge in [0.1, 0.15) is 6.10 Å². The third-order valence-corrected chi connectivity index (χ3v) is 5.46. The van der Waals surface area contributed by atoms with Crippen LogP contribution in [0.5, 0.6) is 11.5 Å². The maximum Gasteiger partial charge on any atom is 0.231 e. The number of nitrogens with zero attached hydrogens (tertiary/aromatic N) is 1. The number of fused-ring (bicyclic) bond motifs is 5. The van der Waals surface area contributed by atoms with Crippen molar-refractivity contribution in [2.45, 2.75) is 37.1 Å². The lowest BCUT2D eigenvalue weighted by atomic mass is 9.76. The van der Waals surface area contributed by atoms with Crippen molar-refractivity contribution in [3.8, 4) is 11.5 Å². The summed E-state index contributed by atoms with van der Waals surface area (Å²) in [5.41, 5.74) is 4.42. The van der Waals surface area contributed by atoms with Crippen molar-refractivity contribution in [2.24, 2.45) is 0 Å². The Morgan fingerprint density at radius 3 is 3.00 bits per heavy atom. The maximum atomic E-state index is 5.90. The van der Waals surface area contributed by atoms with Crippen molar-refractivity contribution in [3.05, 3.63) is 34.9 Å². The first-order chi connectivity index (χ1) is 9.88. The molecule has 1 unspecified atom stereocenters. The standard InChI is InChI=1S/C16H15NO3/c1-2-17-6-9-4-11-12(19-7-18-11)5-10(9)14-15(17)8(1)3-13-16(14)20-13/h3-5,13-16H,1-2,6-7H2/t13-,14+,15?,16-/m1/s1. The zero-order valence-corrected chi connectivity index (χ0v) is 11.0. The Balaban J connectivity index is 1.57. The second-order valence-electron chi connectivity index (χ2n) is 6.40. The molecule has 1 aliphatic carbocycles. The Bertz CT molecular complexity index is 668. The minimum absolute atomic E-state index is 0.351. The lowest BCUT2D eigenvalue weighted by molar-refractivity contribution is 0.174. The fourth-order valence-electron chi connectivity index (χ4n) is 4.57. The molecule has 4 aliphatic heterocycles. The van der Waals surface area contributed by atoms with Crippen LogP contribution in [0.15, 0.2) is 23.8 Å². The van der Waals surface area contributed by atoms with Crippen molar-refractivity contribution in [1.29, 1.82) is 0 Å². The molecule has 5 aliphatic rings. The average molecular weight is 269 g/mol. The van der Waals surface area contributed by atoms with Gasteiger partial charge in [0.05, 0.1) is 6.10 Å². The Kier molecular flexibility index (Phi) is 1.64. The van der Waals surface area contributed by atoms with Crippen LogP contribution in [-0.2, 0) is 11.3 Å².